The highest BCUT2D eigenvalue weighted by atomic mass is 16.2. The number of imide groups is 1. The van der Waals surface area contributed by atoms with Gasteiger partial charge in [0.1, 0.15) is 6.04 Å². The van der Waals surface area contributed by atoms with E-state index >= 15 is 0 Å². The van der Waals surface area contributed by atoms with E-state index in [1.807, 2.05) is 10.7 Å². The molecule has 1 atom stereocenters. The predicted molar refractivity (Wildman–Crippen MR) is 94.1 cm³/mol. The second-order valence-electron chi connectivity index (χ2n) is 6.81. The van der Waals surface area contributed by atoms with Gasteiger partial charge in [-0.1, -0.05) is 6.92 Å². The Morgan fingerprint density at radius 2 is 2.00 bits per heavy atom. The van der Waals surface area contributed by atoms with Gasteiger partial charge in [0.15, 0.2) is 0 Å². The summed E-state index contributed by atoms with van der Waals surface area (Å²) in [6.45, 7) is 3.58. The maximum absolute atomic E-state index is 12.7. The second-order valence-corrected chi connectivity index (χ2v) is 6.81. The van der Waals surface area contributed by atoms with E-state index in [0.29, 0.717) is 32.6 Å². The van der Waals surface area contributed by atoms with Gasteiger partial charge in [0.25, 0.3) is 5.91 Å². The van der Waals surface area contributed by atoms with Gasteiger partial charge in [-0.05, 0) is 6.07 Å². The average Bonchev–Trinajstić information content (AvgIpc) is 3.16. The first-order valence-corrected chi connectivity index (χ1v) is 8.96. The summed E-state index contributed by atoms with van der Waals surface area (Å²) in [5.41, 5.74) is 1.63. The van der Waals surface area contributed by atoms with Gasteiger partial charge >= 0.3 is 6.03 Å². The second kappa shape index (κ2) is 7.37. The van der Waals surface area contributed by atoms with E-state index in [1.165, 1.54) is 19.0 Å². The fourth-order valence-electron chi connectivity index (χ4n) is 3.31. The van der Waals surface area contributed by atoms with Gasteiger partial charge in [0.05, 0.1) is 37.4 Å². The lowest BCUT2D eigenvalue weighted by Crippen LogP contribution is -2.42. The van der Waals surface area contributed by atoms with E-state index in [1.54, 1.807) is 11.8 Å². The van der Waals surface area contributed by atoms with Gasteiger partial charge < -0.3 is 15.1 Å². The van der Waals surface area contributed by atoms with Crippen molar-refractivity contribution in [2.45, 2.75) is 45.4 Å². The average molecular weight is 376 g/mol. The van der Waals surface area contributed by atoms with Gasteiger partial charge in [0.2, 0.25) is 11.8 Å². The van der Waals surface area contributed by atoms with Crippen LogP contribution in [-0.4, -0.2) is 74.9 Å². The molecule has 1 saturated heterocycles. The van der Waals surface area contributed by atoms with Crippen LogP contribution in [0.3, 0.4) is 0 Å². The first-order chi connectivity index (χ1) is 12.8. The highest BCUT2D eigenvalue weighted by molar-refractivity contribution is 6.05. The standard InChI is InChI=1S/C17H24N6O4/c1-4-14(24)18-9-11-7-12-10-22(5-6-23(12)19-11)15(25)8-13-16(26)21(3)17(27)20(13)2/h7,13H,4-6,8-10H2,1-3H3,(H,18,24)/t13-/m0/s1. The van der Waals surface area contributed by atoms with Crippen LogP contribution in [0.25, 0.3) is 0 Å². The van der Waals surface area contributed by atoms with Crippen molar-refractivity contribution in [1.82, 2.24) is 29.8 Å². The number of rotatable bonds is 5. The molecule has 146 valence electrons. The van der Waals surface area contributed by atoms with Crippen LogP contribution < -0.4 is 5.32 Å². The van der Waals surface area contributed by atoms with Gasteiger partial charge in [-0.15, -0.1) is 0 Å². The van der Waals surface area contributed by atoms with Crippen LogP contribution >= 0.6 is 0 Å². The van der Waals surface area contributed by atoms with Crippen LogP contribution in [0, 0.1) is 0 Å². The molecule has 1 fully saturated rings. The summed E-state index contributed by atoms with van der Waals surface area (Å²) < 4.78 is 1.83. The fourth-order valence-corrected chi connectivity index (χ4v) is 3.31. The van der Waals surface area contributed by atoms with E-state index in [9.17, 15) is 19.2 Å². The van der Waals surface area contributed by atoms with Crippen LogP contribution in [0.15, 0.2) is 6.07 Å². The van der Waals surface area contributed by atoms with Crippen LogP contribution in [0.2, 0.25) is 0 Å². The molecule has 5 amide bonds. The number of aromatic nitrogens is 2. The number of hydrogen-bond acceptors (Lipinski definition) is 5. The summed E-state index contributed by atoms with van der Waals surface area (Å²) >= 11 is 0. The number of fused-ring (bicyclic) bond motifs is 1. The van der Waals surface area contributed by atoms with Crippen LogP contribution in [0.4, 0.5) is 4.79 Å². The number of likely N-dealkylation sites (N-methyl/N-ethyl adjacent to an activating group) is 2. The summed E-state index contributed by atoms with van der Waals surface area (Å²) in [5, 5.41) is 7.23. The Balaban J connectivity index is 1.61. The molecule has 3 rings (SSSR count). The molecule has 0 bridgehead atoms. The first kappa shape index (κ1) is 18.9. The summed E-state index contributed by atoms with van der Waals surface area (Å²) in [5.74, 6) is -0.564. The minimum atomic E-state index is -0.748. The lowest BCUT2D eigenvalue weighted by atomic mass is 10.1. The molecule has 0 radical (unpaired) electrons. The largest absolute Gasteiger partial charge is 0.350 e. The smallest absolute Gasteiger partial charge is 0.326 e. The summed E-state index contributed by atoms with van der Waals surface area (Å²) in [4.78, 5) is 52.0. The Hall–Kier alpha value is -2.91. The molecule has 1 aromatic heterocycles. The maximum Gasteiger partial charge on any atom is 0.326 e. The Kier molecular flexibility index (Phi) is 5.15. The first-order valence-electron chi connectivity index (χ1n) is 8.96. The third-order valence-electron chi connectivity index (χ3n) is 5.03. The number of nitrogens with one attached hydrogen (secondary N) is 1. The van der Waals surface area contributed by atoms with E-state index in [2.05, 4.69) is 10.4 Å². The molecular weight excluding hydrogens is 352 g/mol. The topological polar surface area (TPSA) is 108 Å². The zero-order valence-electron chi connectivity index (χ0n) is 15.8. The lowest BCUT2D eigenvalue weighted by Gasteiger charge is -2.29. The van der Waals surface area contributed by atoms with Crippen molar-refractivity contribution in [2.24, 2.45) is 0 Å². The number of carbonyl (C=O) groups excluding carboxylic acids is 4. The van der Waals surface area contributed by atoms with Crippen molar-refractivity contribution in [3.8, 4) is 0 Å². The normalized spacial score (nSPS) is 19.5. The van der Waals surface area contributed by atoms with E-state index < -0.39 is 12.1 Å². The molecule has 27 heavy (non-hydrogen) atoms. The number of hydrogen-bond donors (Lipinski definition) is 1. The Bertz CT molecular complexity index is 788. The van der Waals surface area contributed by atoms with Crippen molar-refractivity contribution < 1.29 is 19.2 Å². The monoisotopic (exact) mass is 376 g/mol. The Labute approximate surface area is 157 Å². The zero-order valence-corrected chi connectivity index (χ0v) is 15.8. The molecule has 0 saturated carbocycles. The predicted octanol–water partition coefficient (Wildman–Crippen LogP) is -0.466. The molecule has 0 aliphatic carbocycles. The number of nitrogens with zero attached hydrogens (tertiary/aromatic N) is 5. The summed E-state index contributed by atoms with van der Waals surface area (Å²) in [6, 6.07) is 0.731. The van der Waals surface area contributed by atoms with Crippen molar-refractivity contribution >= 4 is 23.8 Å². The maximum atomic E-state index is 12.7. The van der Waals surface area contributed by atoms with Crippen molar-refractivity contribution in [3.05, 3.63) is 17.5 Å². The highest BCUT2D eigenvalue weighted by Crippen LogP contribution is 2.20. The number of urea groups is 1. The van der Waals surface area contributed by atoms with E-state index in [-0.39, 0.29) is 24.1 Å². The van der Waals surface area contributed by atoms with Crippen molar-refractivity contribution in [2.75, 3.05) is 20.6 Å². The van der Waals surface area contributed by atoms with E-state index in [4.69, 9.17) is 0 Å². The number of carbonyl (C=O) groups is 4. The molecule has 0 spiro atoms. The van der Waals surface area contributed by atoms with E-state index in [0.717, 1.165) is 16.3 Å². The van der Waals surface area contributed by atoms with Gasteiger partial charge in [-0.3, -0.25) is 24.0 Å². The molecule has 1 N–H and O–H groups in total. The molecule has 0 aromatic carbocycles. The van der Waals surface area contributed by atoms with Crippen molar-refractivity contribution in [3.63, 3.8) is 0 Å². The van der Waals surface area contributed by atoms with Crippen LogP contribution in [-0.2, 0) is 34.0 Å². The van der Waals surface area contributed by atoms with Gasteiger partial charge in [-0.2, -0.15) is 5.10 Å². The fraction of sp³-hybridized carbons (Fsp3) is 0.588. The third-order valence-corrected chi connectivity index (χ3v) is 5.03. The summed E-state index contributed by atoms with van der Waals surface area (Å²) in [7, 11) is 2.95. The van der Waals surface area contributed by atoms with Crippen molar-refractivity contribution in [1.29, 1.82) is 0 Å². The highest BCUT2D eigenvalue weighted by Gasteiger charge is 2.42. The van der Waals surface area contributed by atoms with Gasteiger partial charge in [-0.25, -0.2) is 4.79 Å². The summed E-state index contributed by atoms with van der Waals surface area (Å²) in [6.07, 6.45) is 0.390. The Morgan fingerprint density at radius 3 is 2.63 bits per heavy atom. The molecule has 10 nitrogen and oxygen atoms in total. The molecule has 1 aromatic rings. The molecule has 3 heterocycles. The lowest BCUT2D eigenvalue weighted by molar-refractivity contribution is -0.137. The minimum absolute atomic E-state index is 0.0288. The molecule has 0 unspecified atom stereocenters. The Morgan fingerprint density at radius 1 is 1.26 bits per heavy atom. The SMILES string of the molecule is CCC(=O)NCc1cc2n(n1)CCN(C(=O)C[C@H]1C(=O)N(C)C(=O)N1C)C2. The van der Waals surface area contributed by atoms with Gasteiger partial charge in [0, 0.05) is 27.1 Å². The third kappa shape index (κ3) is 3.64. The quantitative estimate of drug-likeness (QED) is 0.700. The number of amides is 5. The van der Waals surface area contributed by atoms with Crippen LogP contribution in [0.1, 0.15) is 31.2 Å². The minimum Gasteiger partial charge on any atom is -0.350 e. The zero-order chi connectivity index (χ0) is 19.7. The molecular formula is C17H24N6O4. The molecule has 2 aliphatic rings. The molecule has 2 aliphatic heterocycles. The molecule has 10 heteroatoms. The van der Waals surface area contributed by atoms with Crippen LogP contribution in [0.5, 0.6) is 0 Å².